The van der Waals surface area contributed by atoms with Gasteiger partial charge in [-0.1, -0.05) is 146 Å². The molecule has 20 heterocycles. The maximum absolute atomic E-state index is 10.7. The summed E-state index contributed by atoms with van der Waals surface area (Å²) in [7, 11) is -42.6. The van der Waals surface area contributed by atoms with E-state index in [1.165, 1.54) is 55.6 Å². The van der Waals surface area contributed by atoms with E-state index in [1.807, 2.05) is 48.6 Å². The molecule has 0 atom stereocenters. The Morgan fingerprint density at radius 1 is 0.240 bits per heavy atom. The zero-order valence-electron chi connectivity index (χ0n) is 53.9. The summed E-state index contributed by atoms with van der Waals surface area (Å²) in [4.78, 5) is 0. The van der Waals surface area contributed by atoms with Crippen molar-refractivity contribution < 1.29 is 138 Å². The van der Waals surface area contributed by atoms with Crippen molar-refractivity contribution in [3.8, 4) is 33.8 Å². The Morgan fingerprint density at radius 3 is 0.615 bits per heavy atom. The Hall–Kier alpha value is -8.52. The third kappa shape index (κ3) is 44.2. The number of nitrogens with zero attached hydrogens (tertiary/aromatic N) is 4. The maximum Gasteiger partial charge on any atom is 0.173 e. The summed E-state index contributed by atoms with van der Waals surface area (Å²) in [5.74, 6) is 2.30. The minimum Gasteiger partial charge on any atom is -0.201 e. The van der Waals surface area contributed by atoms with Crippen molar-refractivity contribution in [1.82, 2.24) is 0 Å². The van der Waals surface area contributed by atoms with Gasteiger partial charge in [0.2, 0.25) is 0 Å². The molecule has 0 amide bonds. The van der Waals surface area contributed by atoms with E-state index < -0.39 is 31.2 Å². The van der Waals surface area contributed by atoms with Crippen LogP contribution >= 0.6 is 31.2 Å². The monoisotopic (exact) mass is 1580 g/mol. The van der Waals surface area contributed by atoms with Crippen LogP contribution in [0.2, 0.25) is 0 Å². The van der Waals surface area contributed by atoms with Gasteiger partial charge in [0.1, 0.15) is 24.7 Å². The molecule has 0 fully saturated rings. The van der Waals surface area contributed by atoms with E-state index in [1.54, 1.807) is 0 Å². The minimum atomic E-state index is -10.7. The first kappa shape index (κ1) is 84.4. The van der Waals surface area contributed by atoms with E-state index in [4.69, 9.17) is 18.9 Å². The first-order valence-corrected chi connectivity index (χ1v) is 38.6. The van der Waals surface area contributed by atoms with Gasteiger partial charge in [-0.05, 0) is 57.6 Å². The van der Waals surface area contributed by atoms with Gasteiger partial charge in [0, 0.05) is 82.6 Å². The fourth-order valence-electron chi connectivity index (χ4n) is 9.26. The van der Waals surface area contributed by atoms with Crippen LogP contribution in [0.1, 0.15) is 45.2 Å². The fraction of sp³-hybridized carbons (Fsp3) is 0.176. The predicted molar refractivity (Wildman–Crippen MR) is 354 cm³/mol. The summed E-state index contributed by atoms with van der Waals surface area (Å²) in [6, 6.07) is 52.0. The van der Waals surface area contributed by atoms with Crippen molar-refractivity contribution >= 4 is 31.2 Å². The van der Waals surface area contributed by atoms with E-state index >= 15 is 0 Å². The summed E-state index contributed by atoms with van der Waals surface area (Å²) in [6.45, 7) is 6.54. The summed E-state index contributed by atoms with van der Waals surface area (Å²) in [5, 5.41) is 0. The Balaban J connectivity index is 0.000000240. The molecule has 8 nitrogen and oxygen atoms in total. The molecular formula is C68H66F24N4O4P4. The number of allylic oxidation sites excluding steroid dienone is 12. The van der Waals surface area contributed by atoms with Gasteiger partial charge in [-0.25, -0.2) is 18.3 Å². The predicted octanol–water partition coefficient (Wildman–Crippen LogP) is 24.9. The average Bonchev–Trinajstić information content (AvgIpc) is 0.817. The van der Waals surface area contributed by atoms with E-state index in [2.05, 4.69) is 238 Å². The third-order valence-electron chi connectivity index (χ3n) is 13.6. The first-order valence-electron chi connectivity index (χ1n) is 30.4. The van der Waals surface area contributed by atoms with Gasteiger partial charge >= 0.3 is 132 Å². The van der Waals surface area contributed by atoms with Crippen LogP contribution < -0.4 is 27.7 Å². The molecule has 18 aliphatic rings. The molecule has 0 saturated carbocycles. The summed E-state index contributed by atoms with van der Waals surface area (Å²) < 4.78 is 268. The van der Waals surface area contributed by atoms with Crippen molar-refractivity contribution in [1.29, 1.82) is 0 Å². The number of benzene rings is 4. The normalized spacial score (nSPS) is 16.3. The van der Waals surface area contributed by atoms with Gasteiger partial charge in [0.25, 0.3) is 0 Å². The van der Waals surface area contributed by atoms with Gasteiger partial charge in [-0.15, -0.1) is 0 Å². The molecule has 0 N–H and O–H groups in total. The van der Waals surface area contributed by atoms with Crippen LogP contribution in [0.25, 0.3) is 22.3 Å². The van der Waals surface area contributed by atoms with Crippen LogP contribution in [0.3, 0.4) is 0 Å². The van der Waals surface area contributed by atoms with Crippen molar-refractivity contribution in [3.05, 3.63) is 301 Å². The van der Waals surface area contributed by atoms with Gasteiger partial charge < -0.3 is 18.9 Å². The van der Waals surface area contributed by atoms with Crippen molar-refractivity contribution in [2.75, 3.05) is 39.6 Å². The number of ether oxygens (including phenoxy) is 4. The Morgan fingerprint density at radius 2 is 0.423 bits per heavy atom. The maximum atomic E-state index is 9.87. The van der Waals surface area contributed by atoms with Crippen LogP contribution in [0, 0.1) is 0 Å². The topological polar surface area (TPSA) is 52.4 Å². The van der Waals surface area contributed by atoms with Gasteiger partial charge in [-0.2, -0.15) is 0 Å². The van der Waals surface area contributed by atoms with Crippen molar-refractivity contribution in [2.24, 2.45) is 0 Å². The molecular weight excluding hydrogens is 1520 g/mol. The standard InChI is InChI=1S/C36H32N4.C32H34O4.4F6P/c1-2-30-4-3-29(1)25-37-17-9-33(10-18-37)35-13-21-39(22-14-35)27-31-5-7-32(8-6-31)28-40-23-15-36(16-24-40)34-11-19-38(26-30)20-12-34;1-2-6-10-27(9-5-1)29-13-17-31(18-14-29)35-25-23-33-21-22-34-24-26-36-32-19-15-30(16-20-32)28-11-7-3-4-8-12-28;4*1-7(2,3,4,5)6/h1-24H,25-28H2;1-20,27-28H,21-26H2;;;;/q+4;;4*-1. The summed E-state index contributed by atoms with van der Waals surface area (Å²) in [5.41, 5.74) is 12.6. The van der Waals surface area contributed by atoms with Gasteiger partial charge in [-0.3, -0.25) is 0 Å². The second-order valence-corrected chi connectivity index (χ2v) is 30.6. The fourth-order valence-corrected chi connectivity index (χ4v) is 9.26. The molecule has 2 aliphatic carbocycles. The molecule has 12 bridgehead atoms. The molecule has 4 aromatic heterocycles. The van der Waals surface area contributed by atoms with Gasteiger partial charge in [0.15, 0.2) is 75.8 Å². The Bertz CT molecular complexity index is 3740. The van der Waals surface area contributed by atoms with Crippen LogP contribution in [0.15, 0.2) is 268 Å². The number of halogens is 24. The zero-order chi connectivity index (χ0) is 77.0. The second kappa shape index (κ2) is 30.9. The Labute approximate surface area is 580 Å². The Kier molecular flexibility index (Phi) is 25.1. The van der Waals surface area contributed by atoms with Crippen molar-refractivity contribution in [3.63, 3.8) is 0 Å². The molecule has 570 valence electrons. The largest absolute Gasteiger partial charge is 0.201 e. The summed E-state index contributed by atoms with van der Waals surface area (Å²) >= 11 is 0. The van der Waals surface area contributed by atoms with Gasteiger partial charge in [0.05, 0.1) is 26.4 Å². The zero-order valence-corrected chi connectivity index (χ0v) is 57.5. The number of aromatic nitrogens is 4. The summed E-state index contributed by atoms with van der Waals surface area (Å²) in [6.07, 6.45) is 42.6. The molecule has 0 unspecified atom stereocenters. The van der Waals surface area contributed by atoms with Crippen LogP contribution in [0.5, 0.6) is 11.5 Å². The van der Waals surface area contributed by atoms with E-state index in [0.29, 0.717) is 51.5 Å². The molecule has 8 aromatic rings. The number of hydrogen-bond donors (Lipinski definition) is 0. The quantitative estimate of drug-likeness (QED) is 0.0500. The van der Waals surface area contributed by atoms with Crippen molar-refractivity contribution in [2.45, 2.75) is 38.0 Å². The number of pyridine rings is 4. The molecule has 4 aromatic carbocycles. The first-order chi connectivity index (χ1) is 47.4. The smallest absolute Gasteiger partial charge is 0.173 e. The minimum absolute atomic E-state index is 0.299. The molecule has 36 heteroatoms. The average molecular weight is 1580 g/mol. The van der Waals surface area contributed by atoms with Crippen LogP contribution in [-0.2, 0) is 35.7 Å². The van der Waals surface area contributed by atoms with E-state index in [-0.39, 0.29) is 0 Å². The molecule has 0 spiro atoms. The van der Waals surface area contributed by atoms with E-state index in [9.17, 15) is 101 Å². The van der Waals surface area contributed by atoms with Crippen LogP contribution in [-0.4, -0.2) is 39.6 Å². The number of hydrogen-bond acceptors (Lipinski definition) is 4. The molecule has 104 heavy (non-hydrogen) atoms. The van der Waals surface area contributed by atoms with Crippen LogP contribution in [0.4, 0.5) is 101 Å². The van der Waals surface area contributed by atoms with E-state index in [0.717, 1.165) is 37.7 Å². The molecule has 0 saturated heterocycles. The molecule has 0 radical (unpaired) electrons. The molecule has 16 aliphatic heterocycles. The number of rotatable bonds is 13. The SMILES string of the molecule is C1=CC=CC(c2ccc(OCCOCCOCCOc3ccc(C4C=CC=CC=C4)cc3)cc2)C=C1.F[P-](F)(F)(F)(F)F.F[P-](F)(F)(F)(F)F.F[P-](F)(F)(F)(F)F.F[P-](F)(F)(F)(F)F.c1cc2ccc1C[n+]1ccc(cc1)-c1cc[n+](cc1)Cc1ccc(cc1)C[n+]1ccc(cc1)-c1cc[n+](cc1)C2. The second-order valence-electron chi connectivity index (χ2n) is 22.9. The third-order valence-corrected chi connectivity index (χ3v) is 13.6. The molecule has 26 rings (SSSR count).